The fraction of sp³-hybridized carbons (Fsp3) is 0.286. The predicted molar refractivity (Wildman–Crippen MR) is 126 cm³/mol. The van der Waals surface area contributed by atoms with Crippen LogP contribution >= 0.6 is 0 Å². The molecule has 3 aromatic carbocycles. The van der Waals surface area contributed by atoms with E-state index in [1.165, 1.54) is 0 Å². The molecule has 0 atom stereocenters. The van der Waals surface area contributed by atoms with Gasteiger partial charge in [0.1, 0.15) is 23.7 Å². The first kappa shape index (κ1) is 22.6. The Hall–Kier alpha value is -3.60. The first-order valence-electron chi connectivity index (χ1n) is 11.0. The van der Waals surface area contributed by atoms with Gasteiger partial charge >= 0.3 is 11.9 Å². The van der Waals surface area contributed by atoms with Crippen LogP contribution in [-0.4, -0.2) is 17.5 Å². The highest BCUT2D eigenvalue weighted by atomic mass is 16.5. The molecule has 0 unspecified atom stereocenters. The maximum absolute atomic E-state index is 12.8. The summed E-state index contributed by atoms with van der Waals surface area (Å²) in [5.41, 5.74) is 2.36. The van der Waals surface area contributed by atoms with E-state index in [9.17, 15) is 9.59 Å². The Morgan fingerprint density at radius 3 is 2.21 bits per heavy atom. The van der Waals surface area contributed by atoms with Crippen molar-refractivity contribution in [1.82, 2.24) is 0 Å². The average molecular weight is 445 g/mol. The van der Waals surface area contributed by atoms with E-state index in [0.29, 0.717) is 16.9 Å². The summed E-state index contributed by atoms with van der Waals surface area (Å²) >= 11 is 0. The summed E-state index contributed by atoms with van der Waals surface area (Å²) in [4.78, 5) is 25.0. The van der Waals surface area contributed by atoms with E-state index < -0.39 is 11.9 Å². The summed E-state index contributed by atoms with van der Waals surface area (Å²) < 4.78 is 17.0. The highest BCUT2D eigenvalue weighted by molar-refractivity contribution is 5.92. The van der Waals surface area contributed by atoms with Gasteiger partial charge in [-0.1, -0.05) is 44.2 Å². The molecule has 0 bridgehead atoms. The highest BCUT2D eigenvalue weighted by Crippen LogP contribution is 2.44. The molecule has 33 heavy (non-hydrogen) atoms. The number of hydrogen-bond acceptors (Lipinski definition) is 5. The van der Waals surface area contributed by atoms with Gasteiger partial charge in [0.05, 0.1) is 11.1 Å². The van der Waals surface area contributed by atoms with Crippen LogP contribution < -0.4 is 9.47 Å². The van der Waals surface area contributed by atoms with Crippen LogP contribution in [0.3, 0.4) is 0 Å². The molecule has 0 aliphatic carbocycles. The van der Waals surface area contributed by atoms with Gasteiger partial charge in [0.2, 0.25) is 0 Å². The normalized spacial score (nSPS) is 15.6. The lowest BCUT2D eigenvalue weighted by atomic mass is 9.73. The molecule has 3 aromatic rings. The van der Waals surface area contributed by atoms with Crippen molar-refractivity contribution in [2.45, 2.75) is 51.7 Å². The second-order valence-electron chi connectivity index (χ2n) is 9.61. The van der Waals surface area contributed by atoms with Crippen LogP contribution in [0.15, 0.2) is 72.8 Å². The monoisotopic (exact) mass is 444 g/mol. The molecular weight excluding hydrogens is 416 g/mol. The number of carbonyl (C=O) groups excluding carboxylic acids is 2. The van der Waals surface area contributed by atoms with Gasteiger partial charge in [-0.2, -0.15) is 0 Å². The van der Waals surface area contributed by atoms with E-state index in [2.05, 4.69) is 27.7 Å². The van der Waals surface area contributed by atoms with E-state index in [-0.39, 0.29) is 17.6 Å². The maximum atomic E-state index is 12.8. The van der Waals surface area contributed by atoms with Gasteiger partial charge in [0.15, 0.2) is 0 Å². The molecule has 5 nitrogen and oxygen atoms in total. The summed E-state index contributed by atoms with van der Waals surface area (Å²) in [7, 11) is 0. The van der Waals surface area contributed by atoms with Crippen molar-refractivity contribution in [3.05, 3.63) is 95.1 Å². The molecular formula is C28H28O5. The summed E-state index contributed by atoms with van der Waals surface area (Å²) in [6, 6.07) is 21.2. The van der Waals surface area contributed by atoms with Crippen molar-refractivity contribution in [3.8, 4) is 11.5 Å². The topological polar surface area (TPSA) is 61.8 Å². The van der Waals surface area contributed by atoms with Gasteiger partial charge in [-0.15, -0.1) is 0 Å². The quantitative estimate of drug-likeness (QED) is 0.351. The van der Waals surface area contributed by atoms with Gasteiger partial charge in [-0.05, 0) is 73.7 Å². The SMILES string of the molecule is CC1(C)CC(C)(C)c2cc(C(=O)Oc3ccc(C(=O)OCc4ccccc4)cc3)ccc2O1. The van der Waals surface area contributed by atoms with E-state index >= 15 is 0 Å². The van der Waals surface area contributed by atoms with Crippen molar-refractivity contribution >= 4 is 11.9 Å². The summed E-state index contributed by atoms with van der Waals surface area (Å²) in [6.45, 7) is 8.65. The van der Waals surface area contributed by atoms with Crippen LogP contribution in [0, 0.1) is 0 Å². The standard InChI is InChI=1S/C28H28O5/c1-27(2)18-28(3,4)33-24-15-12-21(16-23(24)27)26(30)32-22-13-10-20(11-14-22)25(29)31-17-19-8-6-5-7-9-19/h5-16H,17-18H2,1-4H3. The smallest absolute Gasteiger partial charge is 0.343 e. The molecule has 1 aliphatic heterocycles. The molecule has 0 radical (unpaired) electrons. The molecule has 1 heterocycles. The molecule has 0 aromatic heterocycles. The van der Waals surface area contributed by atoms with Gasteiger partial charge in [-0.3, -0.25) is 0 Å². The lowest BCUT2D eigenvalue weighted by Crippen LogP contribution is -2.41. The van der Waals surface area contributed by atoms with Crippen molar-refractivity contribution in [3.63, 3.8) is 0 Å². The first-order valence-corrected chi connectivity index (χ1v) is 11.0. The number of ether oxygens (including phenoxy) is 3. The Bertz CT molecular complexity index is 1160. The third-order valence-electron chi connectivity index (χ3n) is 5.71. The molecule has 0 saturated carbocycles. The fourth-order valence-corrected chi connectivity index (χ4v) is 4.40. The zero-order chi connectivity index (χ0) is 23.6. The largest absolute Gasteiger partial charge is 0.488 e. The minimum absolute atomic E-state index is 0.130. The van der Waals surface area contributed by atoms with Gasteiger partial charge in [0.25, 0.3) is 0 Å². The molecule has 0 saturated heterocycles. The molecule has 0 spiro atoms. The average Bonchev–Trinajstić information content (AvgIpc) is 2.77. The second kappa shape index (κ2) is 8.74. The number of esters is 2. The van der Waals surface area contributed by atoms with Crippen LogP contribution in [0.1, 0.15) is 66.0 Å². The number of benzene rings is 3. The van der Waals surface area contributed by atoms with Gasteiger partial charge in [0, 0.05) is 5.56 Å². The van der Waals surface area contributed by atoms with E-state index in [1.54, 1.807) is 30.3 Å². The van der Waals surface area contributed by atoms with Crippen molar-refractivity contribution in [1.29, 1.82) is 0 Å². The third-order valence-corrected chi connectivity index (χ3v) is 5.71. The molecule has 5 heteroatoms. The zero-order valence-corrected chi connectivity index (χ0v) is 19.4. The van der Waals surface area contributed by atoms with Gasteiger partial charge in [-0.25, -0.2) is 9.59 Å². The zero-order valence-electron chi connectivity index (χ0n) is 19.4. The first-order chi connectivity index (χ1) is 15.6. The Kier molecular flexibility index (Phi) is 5.98. The van der Waals surface area contributed by atoms with E-state index in [0.717, 1.165) is 23.3 Å². The Balaban J connectivity index is 1.41. The van der Waals surface area contributed by atoms with Crippen LogP contribution in [0.25, 0.3) is 0 Å². The summed E-state index contributed by atoms with van der Waals surface area (Å²) in [6.07, 6.45) is 0.841. The number of fused-ring (bicyclic) bond motifs is 1. The van der Waals surface area contributed by atoms with Crippen LogP contribution in [0.4, 0.5) is 0 Å². The fourth-order valence-electron chi connectivity index (χ4n) is 4.40. The van der Waals surface area contributed by atoms with Crippen molar-refractivity contribution in [2.75, 3.05) is 0 Å². The van der Waals surface area contributed by atoms with Crippen molar-refractivity contribution < 1.29 is 23.8 Å². The summed E-state index contributed by atoms with van der Waals surface area (Å²) in [5, 5.41) is 0. The third kappa shape index (κ3) is 5.25. The molecule has 1 aliphatic rings. The number of hydrogen-bond donors (Lipinski definition) is 0. The lowest BCUT2D eigenvalue weighted by molar-refractivity contribution is 0.0472. The molecule has 170 valence electrons. The molecule has 0 N–H and O–H groups in total. The highest BCUT2D eigenvalue weighted by Gasteiger charge is 2.39. The Labute approximate surface area is 194 Å². The summed E-state index contributed by atoms with van der Waals surface area (Å²) in [5.74, 6) is 0.259. The molecule has 0 amide bonds. The van der Waals surface area contributed by atoms with E-state index in [1.807, 2.05) is 42.5 Å². The maximum Gasteiger partial charge on any atom is 0.343 e. The molecule has 0 fully saturated rings. The Morgan fingerprint density at radius 2 is 1.52 bits per heavy atom. The van der Waals surface area contributed by atoms with Crippen LogP contribution in [0.5, 0.6) is 11.5 Å². The Morgan fingerprint density at radius 1 is 0.848 bits per heavy atom. The minimum atomic E-state index is -0.460. The van der Waals surface area contributed by atoms with Crippen LogP contribution in [0.2, 0.25) is 0 Å². The van der Waals surface area contributed by atoms with Gasteiger partial charge < -0.3 is 14.2 Å². The van der Waals surface area contributed by atoms with Crippen molar-refractivity contribution in [2.24, 2.45) is 0 Å². The number of carbonyl (C=O) groups is 2. The number of rotatable bonds is 5. The molecule has 4 rings (SSSR count). The van der Waals surface area contributed by atoms with E-state index in [4.69, 9.17) is 14.2 Å². The second-order valence-corrected chi connectivity index (χ2v) is 9.61. The predicted octanol–water partition coefficient (Wildman–Crippen LogP) is 6.10. The lowest BCUT2D eigenvalue weighted by Gasteiger charge is -2.42. The van der Waals surface area contributed by atoms with Crippen LogP contribution in [-0.2, 0) is 16.8 Å². The minimum Gasteiger partial charge on any atom is -0.488 e.